The number of fused-ring (bicyclic) bond motifs is 1. The standard InChI is InChI=1S/C22H19N3O3/c1-25-11-10-22(28,21(25)27)9-8-14-4-2-6-16(12-14)18-13-15-5-3-7-17(15)19(24-18)20(23)26/h2-6,12-13,28H,7,10-11H2,1H3,(H2,23,26)/t22-/m0/s1. The number of allylic oxidation sites excluding steroid dienone is 1. The summed E-state index contributed by atoms with van der Waals surface area (Å²) in [5.74, 6) is 4.68. The van der Waals surface area contributed by atoms with Crippen molar-refractivity contribution in [3.05, 3.63) is 58.8 Å². The summed E-state index contributed by atoms with van der Waals surface area (Å²) in [6.45, 7) is 0.479. The first-order chi connectivity index (χ1) is 13.4. The molecule has 0 saturated carbocycles. The van der Waals surface area contributed by atoms with Crippen LogP contribution < -0.4 is 5.73 Å². The molecule has 1 saturated heterocycles. The molecule has 1 aliphatic heterocycles. The number of rotatable bonds is 2. The molecule has 0 radical (unpaired) electrons. The zero-order chi connectivity index (χ0) is 19.9. The minimum Gasteiger partial charge on any atom is -0.369 e. The molecule has 3 N–H and O–H groups in total. The van der Waals surface area contributed by atoms with Crippen molar-refractivity contribution in [2.45, 2.75) is 18.4 Å². The van der Waals surface area contributed by atoms with Crippen LogP contribution in [0.3, 0.4) is 0 Å². The van der Waals surface area contributed by atoms with Crippen LogP contribution in [0.1, 0.15) is 33.6 Å². The molecule has 6 heteroatoms. The molecule has 2 aromatic rings. The molecular formula is C22H19N3O3. The highest BCUT2D eigenvalue weighted by atomic mass is 16.3. The number of aliphatic hydroxyl groups is 1. The molecule has 0 unspecified atom stereocenters. The molecule has 2 heterocycles. The highest BCUT2D eigenvalue weighted by Gasteiger charge is 2.42. The van der Waals surface area contributed by atoms with Crippen molar-refractivity contribution in [2.24, 2.45) is 5.73 Å². The Morgan fingerprint density at radius 1 is 1.36 bits per heavy atom. The Kier molecular flexibility index (Phi) is 4.25. The van der Waals surface area contributed by atoms with Gasteiger partial charge in [-0.05, 0) is 35.7 Å². The largest absolute Gasteiger partial charge is 0.369 e. The van der Waals surface area contributed by atoms with Crippen LogP contribution in [-0.4, -0.2) is 46.0 Å². The van der Waals surface area contributed by atoms with Gasteiger partial charge in [-0.2, -0.15) is 0 Å². The molecule has 1 aromatic carbocycles. The number of amides is 2. The second-order valence-corrected chi connectivity index (χ2v) is 7.06. The summed E-state index contributed by atoms with van der Waals surface area (Å²) in [7, 11) is 1.65. The summed E-state index contributed by atoms with van der Waals surface area (Å²) in [5, 5.41) is 10.4. The van der Waals surface area contributed by atoms with Gasteiger partial charge >= 0.3 is 0 Å². The van der Waals surface area contributed by atoms with Gasteiger partial charge in [-0.1, -0.05) is 36.1 Å². The fraction of sp³-hybridized carbons (Fsp3) is 0.227. The van der Waals surface area contributed by atoms with E-state index in [9.17, 15) is 14.7 Å². The average Bonchev–Trinajstić information content (AvgIpc) is 3.26. The summed E-state index contributed by atoms with van der Waals surface area (Å²) in [5.41, 5.74) is 7.97. The minimum absolute atomic E-state index is 0.280. The number of pyridine rings is 1. The van der Waals surface area contributed by atoms with Crippen LogP contribution in [0.5, 0.6) is 0 Å². The maximum atomic E-state index is 12.1. The van der Waals surface area contributed by atoms with Gasteiger partial charge in [0, 0.05) is 31.1 Å². The number of benzene rings is 1. The van der Waals surface area contributed by atoms with E-state index in [4.69, 9.17) is 5.73 Å². The van der Waals surface area contributed by atoms with Crippen LogP contribution in [0, 0.1) is 11.8 Å². The number of hydrogen-bond donors (Lipinski definition) is 2. The third-order valence-electron chi connectivity index (χ3n) is 5.09. The van der Waals surface area contributed by atoms with Crippen molar-refractivity contribution in [1.29, 1.82) is 0 Å². The Balaban J connectivity index is 1.71. The number of primary amides is 1. The van der Waals surface area contributed by atoms with Gasteiger partial charge < -0.3 is 15.7 Å². The molecule has 6 nitrogen and oxygen atoms in total. The first-order valence-corrected chi connectivity index (χ1v) is 8.99. The monoisotopic (exact) mass is 373 g/mol. The van der Waals surface area contributed by atoms with Crippen LogP contribution in [-0.2, 0) is 11.2 Å². The zero-order valence-electron chi connectivity index (χ0n) is 15.4. The molecule has 1 fully saturated rings. The maximum Gasteiger partial charge on any atom is 0.267 e. The Morgan fingerprint density at radius 3 is 2.89 bits per heavy atom. The van der Waals surface area contributed by atoms with Crippen molar-refractivity contribution in [3.63, 3.8) is 0 Å². The molecule has 2 amide bonds. The summed E-state index contributed by atoms with van der Waals surface area (Å²) in [4.78, 5) is 29.8. The van der Waals surface area contributed by atoms with Gasteiger partial charge in [-0.3, -0.25) is 9.59 Å². The predicted octanol–water partition coefficient (Wildman–Crippen LogP) is 1.36. The third-order valence-corrected chi connectivity index (χ3v) is 5.09. The van der Waals surface area contributed by atoms with E-state index in [1.54, 1.807) is 13.1 Å². The smallest absolute Gasteiger partial charge is 0.267 e. The topological polar surface area (TPSA) is 96.5 Å². The lowest BCUT2D eigenvalue weighted by molar-refractivity contribution is -0.137. The van der Waals surface area contributed by atoms with Gasteiger partial charge in [-0.25, -0.2) is 4.98 Å². The zero-order valence-corrected chi connectivity index (χ0v) is 15.4. The lowest BCUT2D eigenvalue weighted by Crippen LogP contribution is -2.37. The summed E-state index contributed by atoms with van der Waals surface area (Å²) >= 11 is 0. The molecule has 2 aliphatic rings. The Morgan fingerprint density at radius 2 is 2.18 bits per heavy atom. The van der Waals surface area contributed by atoms with Crippen LogP contribution in [0.15, 0.2) is 36.4 Å². The number of hydrogen-bond acceptors (Lipinski definition) is 4. The Bertz CT molecular complexity index is 1090. The fourth-order valence-electron chi connectivity index (χ4n) is 3.51. The van der Waals surface area contributed by atoms with Gasteiger partial charge in [0.05, 0.1) is 5.69 Å². The Hall–Kier alpha value is -3.43. The number of nitrogens with zero attached hydrogens (tertiary/aromatic N) is 2. The first-order valence-electron chi connectivity index (χ1n) is 8.99. The predicted molar refractivity (Wildman–Crippen MR) is 105 cm³/mol. The quantitative estimate of drug-likeness (QED) is 0.777. The highest BCUT2D eigenvalue weighted by molar-refractivity contribution is 5.95. The van der Waals surface area contributed by atoms with E-state index in [1.807, 2.05) is 36.4 Å². The number of nitrogens with two attached hydrogens (primary N) is 1. The first kappa shape index (κ1) is 18.0. The van der Waals surface area contributed by atoms with Crippen molar-refractivity contribution < 1.29 is 14.7 Å². The number of aromatic nitrogens is 1. The average molecular weight is 373 g/mol. The summed E-state index contributed by atoms with van der Waals surface area (Å²) in [6.07, 6.45) is 4.86. The fourth-order valence-corrected chi connectivity index (χ4v) is 3.51. The minimum atomic E-state index is -1.64. The lowest BCUT2D eigenvalue weighted by Gasteiger charge is -2.13. The van der Waals surface area contributed by atoms with Crippen LogP contribution in [0.4, 0.5) is 0 Å². The van der Waals surface area contributed by atoms with Gasteiger partial charge in [0.25, 0.3) is 11.8 Å². The molecule has 4 rings (SSSR count). The molecule has 0 spiro atoms. The molecular weight excluding hydrogens is 354 g/mol. The number of carbonyl (C=O) groups excluding carboxylic acids is 2. The lowest BCUT2D eigenvalue weighted by atomic mass is 10.0. The molecule has 1 aliphatic carbocycles. The SMILES string of the molecule is CN1CC[C@@](O)(C#Cc2cccc(-c3cc4c(c(C(N)=O)n3)CC=C4)c2)C1=O. The normalized spacial score (nSPS) is 20.1. The molecule has 0 bridgehead atoms. The summed E-state index contributed by atoms with van der Waals surface area (Å²) in [6, 6.07) is 9.22. The van der Waals surface area contributed by atoms with Crippen molar-refractivity contribution in [3.8, 4) is 23.1 Å². The number of likely N-dealkylation sites (N-methyl/N-ethyl adjacent to an activating group) is 1. The molecule has 28 heavy (non-hydrogen) atoms. The van der Waals surface area contributed by atoms with E-state index in [1.165, 1.54) is 4.90 Å². The molecule has 1 atom stereocenters. The summed E-state index contributed by atoms with van der Waals surface area (Å²) < 4.78 is 0. The second-order valence-electron chi connectivity index (χ2n) is 7.06. The van der Waals surface area contributed by atoms with E-state index in [0.717, 1.165) is 16.7 Å². The Labute approximate surface area is 162 Å². The maximum absolute atomic E-state index is 12.1. The van der Waals surface area contributed by atoms with Crippen LogP contribution >= 0.6 is 0 Å². The third kappa shape index (κ3) is 3.06. The van der Waals surface area contributed by atoms with Crippen molar-refractivity contribution >= 4 is 17.9 Å². The molecule has 140 valence electrons. The van der Waals surface area contributed by atoms with Crippen LogP contribution in [0.25, 0.3) is 17.3 Å². The van der Waals surface area contributed by atoms with E-state index in [2.05, 4.69) is 16.8 Å². The van der Waals surface area contributed by atoms with Crippen LogP contribution in [0.2, 0.25) is 0 Å². The number of carbonyl (C=O) groups is 2. The number of likely N-dealkylation sites (tertiary alicyclic amines) is 1. The van der Waals surface area contributed by atoms with Gasteiger partial charge in [0.2, 0.25) is 5.60 Å². The second kappa shape index (κ2) is 6.63. The van der Waals surface area contributed by atoms with E-state index in [0.29, 0.717) is 24.2 Å². The van der Waals surface area contributed by atoms with E-state index < -0.39 is 11.5 Å². The molecule has 1 aromatic heterocycles. The van der Waals surface area contributed by atoms with Gasteiger partial charge in [-0.15, -0.1) is 0 Å². The van der Waals surface area contributed by atoms with Gasteiger partial charge in [0.1, 0.15) is 5.69 Å². The van der Waals surface area contributed by atoms with E-state index >= 15 is 0 Å². The highest BCUT2D eigenvalue weighted by Crippen LogP contribution is 2.28. The van der Waals surface area contributed by atoms with Crippen molar-refractivity contribution in [1.82, 2.24) is 9.88 Å². The van der Waals surface area contributed by atoms with Crippen molar-refractivity contribution in [2.75, 3.05) is 13.6 Å². The van der Waals surface area contributed by atoms with Gasteiger partial charge in [0.15, 0.2) is 0 Å². The van der Waals surface area contributed by atoms with E-state index in [-0.39, 0.29) is 18.0 Å².